The maximum absolute atomic E-state index is 12.7. The minimum atomic E-state index is -4.35. The zero-order chi connectivity index (χ0) is 20.3. The number of anilines is 2. The predicted molar refractivity (Wildman–Crippen MR) is 100 cm³/mol. The van der Waals surface area contributed by atoms with Gasteiger partial charge in [-0.2, -0.15) is 13.2 Å². The van der Waals surface area contributed by atoms with Gasteiger partial charge in [-0.1, -0.05) is 12.1 Å². The fourth-order valence-electron chi connectivity index (χ4n) is 3.32. The van der Waals surface area contributed by atoms with E-state index in [0.717, 1.165) is 47.1 Å². The van der Waals surface area contributed by atoms with Gasteiger partial charge in [-0.15, -0.1) is 0 Å². The smallest absolute Gasteiger partial charge is 0.321 e. The number of hydrogen-bond acceptors (Lipinski definition) is 2. The number of rotatable bonds is 4. The minimum absolute atomic E-state index is 0.0294. The molecule has 3 rings (SSSR count). The first-order valence-electron chi connectivity index (χ1n) is 9.27. The number of pyridine rings is 1. The number of carbonyl (C=O) groups is 1. The van der Waals surface area contributed by atoms with Crippen molar-refractivity contribution in [2.75, 3.05) is 42.9 Å². The van der Waals surface area contributed by atoms with Crippen molar-refractivity contribution < 1.29 is 27.8 Å². The molecule has 1 saturated heterocycles. The van der Waals surface area contributed by atoms with Crippen LogP contribution in [0.5, 0.6) is 0 Å². The van der Waals surface area contributed by atoms with Crippen molar-refractivity contribution in [1.82, 2.24) is 0 Å². The summed E-state index contributed by atoms with van der Waals surface area (Å²) in [6, 6.07) is 8.50. The molecule has 1 aliphatic heterocycles. The van der Waals surface area contributed by atoms with Crippen molar-refractivity contribution in [3.05, 3.63) is 53.2 Å². The number of hydrogen-bond donors (Lipinski definition) is 2. The van der Waals surface area contributed by atoms with Crippen LogP contribution in [0, 0.1) is 13.8 Å². The predicted octanol–water partition coefficient (Wildman–Crippen LogP) is 1.48. The van der Waals surface area contributed by atoms with Gasteiger partial charge >= 0.3 is 6.18 Å². The number of aryl methyl sites for hydroxylation is 2. The molecule has 0 bridgehead atoms. The van der Waals surface area contributed by atoms with Gasteiger partial charge in [-0.25, -0.2) is 4.98 Å². The summed E-state index contributed by atoms with van der Waals surface area (Å²) in [6.45, 7) is 7.16. The lowest BCUT2D eigenvalue weighted by Gasteiger charge is -2.28. The van der Waals surface area contributed by atoms with Crippen LogP contribution in [0.3, 0.4) is 0 Å². The van der Waals surface area contributed by atoms with E-state index >= 15 is 0 Å². The SMILES string of the molecule is Cc1ccc(C)c(NC(=O)C[NH+]2CCN(c3ccc(C(F)(F)F)c[nH+]3)CC2)c1. The summed E-state index contributed by atoms with van der Waals surface area (Å²) in [5.41, 5.74) is 2.26. The molecule has 0 spiro atoms. The van der Waals surface area contributed by atoms with Crippen molar-refractivity contribution in [3.8, 4) is 0 Å². The van der Waals surface area contributed by atoms with Crippen LogP contribution < -0.4 is 20.1 Å². The molecule has 1 amide bonds. The van der Waals surface area contributed by atoms with Crippen molar-refractivity contribution in [2.45, 2.75) is 20.0 Å². The van der Waals surface area contributed by atoms with Crippen LogP contribution in [-0.4, -0.2) is 38.6 Å². The first-order chi connectivity index (χ1) is 13.2. The Kier molecular flexibility index (Phi) is 5.88. The van der Waals surface area contributed by atoms with E-state index in [1.165, 1.54) is 6.07 Å². The number of amides is 1. The molecule has 28 heavy (non-hydrogen) atoms. The summed E-state index contributed by atoms with van der Waals surface area (Å²) in [5.74, 6) is 0.630. The molecule has 1 aromatic carbocycles. The molecule has 0 saturated carbocycles. The van der Waals surface area contributed by atoms with Crippen molar-refractivity contribution >= 4 is 17.4 Å². The molecule has 1 aromatic heterocycles. The van der Waals surface area contributed by atoms with Gasteiger partial charge in [-0.3, -0.25) is 9.69 Å². The fraction of sp³-hybridized carbons (Fsp3) is 0.400. The minimum Gasteiger partial charge on any atom is -0.321 e. The van der Waals surface area contributed by atoms with E-state index in [9.17, 15) is 18.0 Å². The average molecular weight is 394 g/mol. The van der Waals surface area contributed by atoms with Crippen LogP contribution in [0.25, 0.3) is 0 Å². The quantitative estimate of drug-likeness (QED) is 0.826. The Labute approximate surface area is 162 Å². The second-order valence-corrected chi connectivity index (χ2v) is 7.24. The van der Waals surface area contributed by atoms with Gasteiger partial charge in [0.15, 0.2) is 6.54 Å². The third-order valence-electron chi connectivity index (χ3n) is 5.01. The Morgan fingerprint density at radius 3 is 2.50 bits per heavy atom. The number of carbonyl (C=O) groups excluding carboxylic acids is 1. The molecule has 0 atom stereocenters. The Balaban J connectivity index is 1.51. The lowest BCUT2D eigenvalue weighted by molar-refractivity contribution is -0.892. The summed E-state index contributed by atoms with van der Waals surface area (Å²) in [7, 11) is 0. The fourth-order valence-corrected chi connectivity index (χ4v) is 3.32. The van der Waals surface area contributed by atoms with Gasteiger partial charge in [0.25, 0.3) is 11.7 Å². The van der Waals surface area contributed by atoms with Gasteiger partial charge in [0.05, 0.1) is 5.56 Å². The van der Waals surface area contributed by atoms with Gasteiger partial charge in [0.1, 0.15) is 32.4 Å². The Hall–Kier alpha value is -2.61. The molecule has 2 aromatic rings. The second kappa shape index (κ2) is 8.18. The third-order valence-corrected chi connectivity index (χ3v) is 5.01. The molecule has 1 fully saturated rings. The highest BCUT2D eigenvalue weighted by Crippen LogP contribution is 2.28. The Morgan fingerprint density at radius 1 is 1.18 bits per heavy atom. The van der Waals surface area contributed by atoms with Crippen molar-refractivity contribution in [1.29, 1.82) is 0 Å². The second-order valence-electron chi connectivity index (χ2n) is 7.24. The van der Waals surface area contributed by atoms with E-state index in [2.05, 4.69) is 10.3 Å². The van der Waals surface area contributed by atoms with Crippen LogP contribution in [-0.2, 0) is 11.0 Å². The third kappa shape index (κ3) is 5.01. The summed E-state index contributed by atoms with van der Waals surface area (Å²) >= 11 is 0. The number of H-pyrrole nitrogens is 1. The highest BCUT2D eigenvalue weighted by atomic mass is 19.4. The number of nitrogens with zero attached hydrogens (tertiary/aromatic N) is 1. The highest BCUT2D eigenvalue weighted by Gasteiger charge is 2.33. The number of benzene rings is 1. The monoisotopic (exact) mass is 394 g/mol. The van der Waals surface area contributed by atoms with Gasteiger partial charge in [0, 0.05) is 11.8 Å². The van der Waals surface area contributed by atoms with Gasteiger partial charge < -0.3 is 10.2 Å². The van der Waals surface area contributed by atoms with Crippen LogP contribution in [0.4, 0.5) is 24.7 Å². The van der Waals surface area contributed by atoms with Gasteiger partial charge in [0.2, 0.25) is 0 Å². The Morgan fingerprint density at radius 2 is 1.89 bits per heavy atom. The molecular weight excluding hydrogens is 369 g/mol. The normalized spacial score (nSPS) is 15.5. The summed E-state index contributed by atoms with van der Waals surface area (Å²) in [5, 5.41) is 2.98. The average Bonchev–Trinajstić information content (AvgIpc) is 2.65. The van der Waals surface area contributed by atoms with Crippen LogP contribution >= 0.6 is 0 Å². The van der Waals surface area contributed by atoms with E-state index in [1.807, 2.05) is 36.9 Å². The van der Waals surface area contributed by atoms with Gasteiger partial charge in [-0.05, 0) is 37.1 Å². The van der Waals surface area contributed by atoms with E-state index < -0.39 is 11.7 Å². The zero-order valence-corrected chi connectivity index (χ0v) is 16.0. The molecule has 150 valence electrons. The van der Waals surface area contributed by atoms with Crippen LogP contribution in [0.1, 0.15) is 16.7 Å². The molecule has 2 heterocycles. The molecule has 3 N–H and O–H groups in total. The number of aromatic nitrogens is 1. The number of halogens is 3. The molecule has 5 nitrogen and oxygen atoms in total. The maximum atomic E-state index is 12.7. The molecule has 0 unspecified atom stereocenters. The number of aromatic amines is 1. The van der Waals surface area contributed by atoms with E-state index in [1.54, 1.807) is 0 Å². The van der Waals surface area contributed by atoms with Crippen molar-refractivity contribution in [3.63, 3.8) is 0 Å². The molecule has 8 heteroatoms. The van der Waals surface area contributed by atoms with E-state index in [0.29, 0.717) is 25.5 Å². The first kappa shape index (κ1) is 20.1. The number of piperazine rings is 1. The number of quaternary nitrogens is 1. The Bertz CT molecular complexity index is 828. The van der Waals surface area contributed by atoms with Crippen molar-refractivity contribution in [2.24, 2.45) is 0 Å². The zero-order valence-electron chi connectivity index (χ0n) is 16.0. The first-order valence-corrected chi connectivity index (χ1v) is 9.27. The molecule has 0 aliphatic carbocycles. The standard InChI is InChI=1S/C20H23F3N4O/c1-14-3-4-15(2)17(11-14)25-19(28)13-26-7-9-27(10-8-26)18-6-5-16(12-24-18)20(21,22)23/h3-6,11-12H,7-10,13H2,1-2H3,(H,25,28)/p+2. The van der Waals surface area contributed by atoms with E-state index in [-0.39, 0.29) is 5.91 Å². The molecule has 0 radical (unpaired) electrons. The summed E-state index contributed by atoms with van der Waals surface area (Å²) in [4.78, 5) is 18.3. The maximum Gasteiger partial charge on any atom is 0.419 e. The topological polar surface area (TPSA) is 50.9 Å². The largest absolute Gasteiger partial charge is 0.419 e. The molecule has 1 aliphatic rings. The summed E-state index contributed by atoms with van der Waals surface area (Å²) in [6.07, 6.45) is -3.35. The van der Waals surface area contributed by atoms with E-state index in [4.69, 9.17) is 0 Å². The van der Waals surface area contributed by atoms with Crippen LogP contribution in [0.15, 0.2) is 36.5 Å². The number of alkyl halides is 3. The lowest BCUT2D eigenvalue weighted by Crippen LogP contribution is -3.15. The summed E-state index contributed by atoms with van der Waals surface area (Å²) < 4.78 is 38.0. The highest BCUT2D eigenvalue weighted by molar-refractivity contribution is 5.92. The number of nitrogens with one attached hydrogen (secondary N) is 3. The molecular formula is C20H25F3N4O+2. The van der Waals surface area contributed by atoms with Crippen LogP contribution in [0.2, 0.25) is 0 Å². The lowest BCUT2D eigenvalue weighted by atomic mass is 10.1.